The first kappa shape index (κ1) is 19.6. The van der Waals surface area contributed by atoms with Gasteiger partial charge in [0, 0.05) is 24.8 Å². The van der Waals surface area contributed by atoms with Gasteiger partial charge in [0.15, 0.2) is 0 Å². The maximum Gasteiger partial charge on any atom is 0.329 e. The minimum absolute atomic E-state index is 0.147. The van der Waals surface area contributed by atoms with Crippen LogP contribution in [0.1, 0.15) is 39.7 Å². The van der Waals surface area contributed by atoms with Crippen LogP contribution in [0.3, 0.4) is 0 Å². The van der Waals surface area contributed by atoms with E-state index in [1.165, 1.54) is 4.57 Å². The minimum atomic E-state index is -0.595. The number of hydrogen-bond donors (Lipinski definition) is 1. The molecule has 0 unspecified atom stereocenters. The molecule has 1 heterocycles. The third-order valence-electron chi connectivity index (χ3n) is 4.07. The van der Waals surface area contributed by atoms with Crippen LogP contribution in [0.2, 0.25) is 0 Å². The Morgan fingerprint density at radius 2 is 1.81 bits per heavy atom. The largest absolute Gasteiger partial charge is 0.381 e. The van der Waals surface area contributed by atoms with Gasteiger partial charge < -0.3 is 4.74 Å². The van der Waals surface area contributed by atoms with Crippen molar-refractivity contribution >= 4 is 5.78 Å². The lowest BCUT2D eigenvalue weighted by molar-refractivity contribution is 0.102. The molecule has 138 valence electrons. The van der Waals surface area contributed by atoms with Crippen LogP contribution in [-0.4, -0.2) is 29.1 Å². The number of ether oxygens (including phenoxy) is 1. The number of hydrogen-bond acceptors (Lipinski definition) is 4. The van der Waals surface area contributed by atoms with Gasteiger partial charge in [-0.2, -0.15) is 0 Å². The molecule has 6 nitrogen and oxygen atoms in total. The number of carbonyl (C=O) groups is 1. The highest BCUT2D eigenvalue weighted by atomic mass is 16.5. The molecular formula is C20H24N2O4. The number of carbonyl (C=O) groups excluding carboxylic acids is 1. The number of allylic oxidation sites excluding steroid dienone is 1. The van der Waals surface area contributed by atoms with E-state index in [-0.39, 0.29) is 18.0 Å². The Bertz CT molecular complexity index is 931. The third-order valence-corrected chi connectivity index (χ3v) is 4.07. The highest BCUT2D eigenvalue weighted by Gasteiger charge is 2.21. The van der Waals surface area contributed by atoms with Crippen LogP contribution in [-0.2, 0) is 17.7 Å². The van der Waals surface area contributed by atoms with Gasteiger partial charge in [-0.1, -0.05) is 36.3 Å². The SMILES string of the molecule is CCc1c(C(=O)c2cc(C)cc(C)c2)n(CC=CCOC)c(=O)[nH]c1=O. The molecule has 0 spiro atoms. The summed E-state index contributed by atoms with van der Waals surface area (Å²) in [6.07, 6.45) is 3.85. The summed E-state index contributed by atoms with van der Waals surface area (Å²) in [6.45, 7) is 6.18. The number of nitrogens with zero attached hydrogens (tertiary/aromatic N) is 1. The van der Waals surface area contributed by atoms with Gasteiger partial charge in [0.2, 0.25) is 5.78 Å². The number of nitrogens with one attached hydrogen (secondary N) is 1. The van der Waals surface area contributed by atoms with Gasteiger partial charge >= 0.3 is 5.69 Å². The van der Waals surface area contributed by atoms with Gasteiger partial charge in [0.05, 0.1) is 6.61 Å². The molecule has 1 aromatic carbocycles. The number of aryl methyl sites for hydroxylation is 2. The van der Waals surface area contributed by atoms with Gasteiger partial charge in [-0.25, -0.2) is 4.79 Å². The molecule has 0 amide bonds. The van der Waals surface area contributed by atoms with Crippen molar-refractivity contribution in [1.82, 2.24) is 9.55 Å². The summed E-state index contributed by atoms with van der Waals surface area (Å²) in [7, 11) is 1.57. The highest BCUT2D eigenvalue weighted by Crippen LogP contribution is 2.15. The Hall–Kier alpha value is -2.73. The van der Waals surface area contributed by atoms with Crippen molar-refractivity contribution in [3.8, 4) is 0 Å². The lowest BCUT2D eigenvalue weighted by atomic mass is 9.99. The van der Waals surface area contributed by atoms with Crippen molar-refractivity contribution in [3.05, 3.63) is 79.1 Å². The average Bonchev–Trinajstić information content (AvgIpc) is 2.58. The number of rotatable bonds is 7. The first-order valence-electron chi connectivity index (χ1n) is 8.52. The van der Waals surface area contributed by atoms with E-state index in [0.29, 0.717) is 24.2 Å². The van der Waals surface area contributed by atoms with Crippen LogP contribution in [0, 0.1) is 13.8 Å². The monoisotopic (exact) mass is 356 g/mol. The number of methoxy groups -OCH3 is 1. The van der Waals surface area contributed by atoms with Gasteiger partial charge in [-0.3, -0.25) is 19.1 Å². The van der Waals surface area contributed by atoms with E-state index in [2.05, 4.69) is 4.98 Å². The van der Waals surface area contributed by atoms with Crippen molar-refractivity contribution in [1.29, 1.82) is 0 Å². The number of aromatic amines is 1. The van der Waals surface area contributed by atoms with E-state index in [1.54, 1.807) is 38.3 Å². The predicted molar refractivity (Wildman–Crippen MR) is 101 cm³/mol. The molecule has 0 aliphatic rings. The van der Waals surface area contributed by atoms with Gasteiger partial charge in [0.25, 0.3) is 5.56 Å². The Kier molecular flexibility index (Phi) is 6.46. The molecule has 0 aliphatic heterocycles. The fourth-order valence-electron chi connectivity index (χ4n) is 2.96. The van der Waals surface area contributed by atoms with E-state index in [1.807, 2.05) is 19.9 Å². The zero-order valence-corrected chi connectivity index (χ0v) is 15.6. The molecule has 2 rings (SSSR count). The van der Waals surface area contributed by atoms with Crippen molar-refractivity contribution in [2.45, 2.75) is 33.7 Å². The highest BCUT2D eigenvalue weighted by molar-refractivity contribution is 6.09. The summed E-state index contributed by atoms with van der Waals surface area (Å²) >= 11 is 0. The first-order valence-corrected chi connectivity index (χ1v) is 8.52. The van der Waals surface area contributed by atoms with E-state index in [0.717, 1.165) is 11.1 Å². The maximum atomic E-state index is 13.2. The van der Waals surface area contributed by atoms with Crippen molar-refractivity contribution in [3.63, 3.8) is 0 Å². The van der Waals surface area contributed by atoms with Crippen molar-refractivity contribution < 1.29 is 9.53 Å². The molecule has 1 N–H and O–H groups in total. The molecule has 0 saturated carbocycles. The second-order valence-electron chi connectivity index (χ2n) is 6.18. The van der Waals surface area contributed by atoms with Gasteiger partial charge in [0.1, 0.15) is 5.69 Å². The van der Waals surface area contributed by atoms with Gasteiger partial charge in [-0.15, -0.1) is 0 Å². The molecule has 0 radical (unpaired) electrons. The van der Waals surface area contributed by atoms with Crippen LogP contribution in [0.15, 0.2) is 39.9 Å². The molecule has 2 aromatic rings. The Morgan fingerprint density at radius 3 is 2.38 bits per heavy atom. The first-order chi connectivity index (χ1) is 12.4. The Labute approximate surface area is 152 Å². The molecule has 0 aliphatic carbocycles. The van der Waals surface area contributed by atoms with Crippen LogP contribution in [0.5, 0.6) is 0 Å². The quantitative estimate of drug-likeness (QED) is 0.609. The summed E-state index contributed by atoms with van der Waals surface area (Å²) in [5.74, 6) is -0.322. The zero-order chi connectivity index (χ0) is 19.3. The second kappa shape index (κ2) is 8.58. The van der Waals surface area contributed by atoms with E-state index < -0.39 is 11.2 Å². The fraction of sp³-hybridized carbons (Fsp3) is 0.350. The molecule has 0 fully saturated rings. The minimum Gasteiger partial charge on any atom is -0.381 e. The maximum absolute atomic E-state index is 13.2. The summed E-state index contributed by atoms with van der Waals surface area (Å²) in [6, 6.07) is 5.51. The van der Waals surface area contributed by atoms with Crippen LogP contribution < -0.4 is 11.2 Å². The van der Waals surface area contributed by atoms with Crippen LogP contribution in [0.25, 0.3) is 0 Å². The summed E-state index contributed by atoms with van der Waals surface area (Å²) in [5.41, 5.74) is 1.72. The summed E-state index contributed by atoms with van der Waals surface area (Å²) < 4.78 is 6.26. The molecule has 0 bridgehead atoms. The predicted octanol–water partition coefficient (Wildman–Crippen LogP) is 2.15. The number of ketones is 1. The molecule has 26 heavy (non-hydrogen) atoms. The average molecular weight is 356 g/mol. The number of H-pyrrole nitrogens is 1. The Balaban J connectivity index is 2.65. The summed E-state index contributed by atoms with van der Waals surface area (Å²) in [5, 5.41) is 0. The molecule has 6 heteroatoms. The second-order valence-corrected chi connectivity index (χ2v) is 6.18. The van der Waals surface area contributed by atoms with Crippen molar-refractivity contribution in [2.24, 2.45) is 0 Å². The standard InChI is InChI=1S/C20H24N2O4/c1-5-16-17(18(23)15-11-13(2)10-14(3)12-15)22(8-6-7-9-26-4)20(25)21-19(16)24/h6-7,10-12H,5,8-9H2,1-4H3,(H,21,24,25). The lowest BCUT2D eigenvalue weighted by Gasteiger charge is -2.14. The van der Waals surface area contributed by atoms with Crippen molar-refractivity contribution in [2.75, 3.05) is 13.7 Å². The molecular weight excluding hydrogens is 332 g/mol. The van der Waals surface area contributed by atoms with Crippen LogP contribution in [0.4, 0.5) is 0 Å². The Morgan fingerprint density at radius 1 is 1.15 bits per heavy atom. The molecule has 0 saturated heterocycles. The lowest BCUT2D eigenvalue weighted by Crippen LogP contribution is -2.37. The number of benzene rings is 1. The van der Waals surface area contributed by atoms with E-state index in [9.17, 15) is 14.4 Å². The smallest absolute Gasteiger partial charge is 0.329 e. The summed E-state index contributed by atoms with van der Waals surface area (Å²) in [4.78, 5) is 40.1. The van der Waals surface area contributed by atoms with E-state index >= 15 is 0 Å². The zero-order valence-electron chi connectivity index (χ0n) is 15.6. The van der Waals surface area contributed by atoms with Gasteiger partial charge in [-0.05, 0) is 32.4 Å². The van der Waals surface area contributed by atoms with Crippen LogP contribution >= 0.6 is 0 Å². The number of aromatic nitrogens is 2. The topological polar surface area (TPSA) is 81.2 Å². The fourth-order valence-corrected chi connectivity index (χ4v) is 2.96. The van der Waals surface area contributed by atoms with E-state index in [4.69, 9.17) is 4.74 Å². The molecule has 0 atom stereocenters. The third kappa shape index (κ3) is 4.26. The normalized spacial score (nSPS) is 11.2. The molecule has 1 aromatic heterocycles.